The highest BCUT2D eigenvalue weighted by Crippen LogP contribution is 2.23. The number of halogens is 3. The van der Waals surface area contributed by atoms with Gasteiger partial charge < -0.3 is 15.2 Å². The molecule has 2 aromatic carbocycles. The van der Waals surface area contributed by atoms with E-state index in [1.54, 1.807) is 23.6 Å². The molecule has 172 valence electrons. The molecular formula is C22H20ClF2N5O2S. The van der Waals surface area contributed by atoms with Crippen LogP contribution in [0.3, 0.4) is 0 Å². The fraction of sp³-hybridized carbons (Fsp3) is 0.182. The van der Waals surface area contributed by atoms with Gasteiger partial charge in [-0.3, -0.25) is 9.59 Å². The fourth-order valence-corrected chi connectivity index (χ4v) is 3.85. The Balaban J connectivity index is 1.67. The highest BCUT2D eigenvalue weighted by Gasteiger charge is 2.21. The second-order valence-electron chi connectivity index (χ2n) is 6.88. The first-order valence-corrected chi connectivity index (χ1v) is 11.1. The number of hydrogen-bond donors (Lipinski definition) is 2. The number of amides is 2. The molecular weight excluding hydrogens is 472 g/mol. The van der Waals surface area contributed by atoms with Gasteiger partial charge in [0.15, 0.2) is 11.0 Å². The first-order valence-electron chi connectivity index (χ1n) is 9.77. The van der Waals surface area contributed by atoms with Crippen molar-refractivity contribution in [3.05, 3.63) is 83.2 Å². The van der Waals surface area contributed by atoms with Crippen LogP contribution < -0.4 is 10.6 Å². The smallest absolute Gasteiger partial charge is 0.254 e. The molecule has 33 heavy (non-hydrogen) atoms. The topological polar surface area (TPSA) is 88.9 Å². The predicted molar refractivity (Wildman–Crippen MR) is 123 cm³/mol. The second-order valence-corrected chi connectivity index (χ2v) is 8.23. The van der Waals surface area contributed by atoms with E-state index in [0.717, 1.165) is 17.8 Å². The number of anilines is 1. The monoisotopic (exact) mass is 491 g/mol. The fourth-order valence-electron chi connectivity index (χ4n) is 2.91. The molecule has 1 atom stereocenters. The molecule has 3 rings (SSSR count). The number of thioether (sulfide) groups is 1. The molecule has 0 spiro atoms. The molecule has 0 aliphatic rings. The standard InChI is InChI=1S/C22H20ClF2N5O2S/c1-3-10-30-20(13(2)26-21(32)15-6-4-5-7-17(15)24)28-29-22(30)33-12-19(31)27-14-8-9-18(25)16(23)11-14/h3-9,11,13H,1,10,12H2,2H3,(H,26,32)(H,27,31). The summed E-state index contributed by atoms with van der Waals surface area (Å²) < 4.78 is 28.9. The maximum absolute atomic E-state index is 13.9. The number of carbonyl (C=O) groups is 2. The lowest BCUT2D eigenvalue weighted by Gasteiger charge is -2.15. The lowest BCUT2D eigenvalue weighted by molar-refractivity contribution is -0.113. The van der Waals surface area contributed by atoms with Crippen molar-refractivity contribution in [3.8, 4) is 0 Å². The summed E-state index contributed by atoms with van der Waals surface area (Å²) in [6.45, 7) is 5.75. The molecule has 7 nitrogen and oxygen atoms in total. The number of benzene rings is 2. The highest BCUT2D eigenvalue weighted by molar-refractivity contribution is 7.99. The maximum Gasteiger partial charge on any atom is 0.254 e. The van der Waals surface area contributed by atoms with Crippen molar-refractivity contribution >= 4 is 40.9 Å². The van der Waals surface area contributed by atoms with E-state index in [1.165, 1.54) is 30.3 Å². The van der Waals surface area contributed by atoms with Gasteiger partial charge in [0.1, 0.15) is 11.6 Å². The first-order chi connectivity index (χ1) is 15.8. The Morgan fingerprint density at radius 2 is 1.97 bits per heavy atom. The average molecular weight is 492 g/mol. The van der Waals surface area contributed by atoms with E-state index in [1.807, 2.05) is 0 Å². The van der Waals surface area contributed by atoms with Crippen LogP contribution in [0.1, 0.15) is 29.1 Å². The van der Waals surface area contributed by atoms with Gasteiger partial charge in [-0.15, -0.1) is 16.8 Å². The summed E-state index contributed by atoms with van der Waals surface area (Å²) in [4.78, 5) is 24.7. The Hall–Kier alpha value is -3.24. The van der Waals surface area contributed by atoms with Crippen molar-refractivity contribution < 1.29 is 18.4 Å². The number of allylic oxidation sites excluding steroid dienone is 1. The molecule has 1 unspecified atom stereocenters. The lowest BCUT2D eigenvalue weighted by Crippen LogP contribution is -2.29. The van der Waals surface area contributed by atoms with E-state index < -0.39 is 23.6 Å². The summed E-state index contributed by atoms with van der Waals surface area (Å²) in [6.07, 6.45) is 1.63. The summed E-state index contributed by atoms with van der Waals surface area (Å²) in [5, 5.41) is 13.9. The van der Waals surface area contributed by atoms with Crippen LogP contribution >= 0.6 is 23.4 Å². The zero-order chi connectivity index (χ0) is 24.0. The third-order valence-electron chi connectivity index (χ3n) is 4.45. The Labute approximate surface area is 198 Å². The quantitative estimate of drug-likeness (QED) is 0.337. The van der Waals surface area contributed by atoms with Gasteiger partial charge in [0.2, 0.25) is 5.91 Å². The summed E-state index contributed by atoms with van der Waals surface area (Å²) in [5.74, 6) is -1.71. The molecule has 0 fully saturated rings. The van der Waals surface area contributed by atoms with E-state index in [0.29, 0.717) is 23.2 Å². The van der Waals surface area contributed by atoms with Gasteiger partial charge in [-0.05, 0) is 37.3 Å². The van der Waals surface area contributed by atoms with Crippen LogP contribution in [0.25, 0.3) is 0 Å². The van der Waals surface area contributed by atoms with Crippen molar-refractivity contribution in [1.29, 1.82) is 0 Å². The zero-order valence-electron chi connectivity index (χ0n) is 17.5. The molecule has 0 saturated carbocycles. The predicted octanol–water partition coefficient (Wildman–Crippen LogP) is 4.62. The van der Waals surface area contributed by atoms with Crippen LogP contribution in [-0.4, -0.2) is 32.3 Å². The molecule has 0 bridgehead atoms. The first kappa shape index (κ1) is 24.4. The molecule has 2 amide bonds. The van der Waals surface area contributed by atoms with Crippen molar-refractivity contribution in [2.45, 2.75) is 24.7 Å². The minimum Gasteiger partial charge on any atom is -0.342 e. The third-order valence-corrected chi connectivity index (χ3v) is 5.70. The van der Waals surface area contributed by atoms with Crippen LogP contribution in [0.4, 0.5) is 14.5 Å². The van der Waals surface area contributed by atoms with Crippen molar-refractivity contribution in [2.24, 2.45) is 0 Å². The highest BCUT2D eigenvalue weighted by atomic mass is 35.5. The molecule has 0 aliphatic heterocycles. The number of carbonyl (C=O) groups excluding carboxylic acids is 2. The molecule has 0 saturated heterocycles. The van der Waals surface area contributed by atoms with Gasteiger partial charge in [0.05, 0.1) is 22.4 Å². The summed E-state index contributed by atoms with van der Waals surface area (Å²) in [6, 6.07) is 8.96. The number of aromatic nitrogens is 3. The van der Waals surface area contributed by atoms with Gasteiger partial charge in [0, 0.05) is 12.2 Å². The molecule has 11 heteroatoms. The minimum absolute atomic E-state index is 0.000236. The van der Waals surface area contributed by atoms with E-state index in [4.69, 9.17) is 11.6 Å². The Morgan fingerprint density at radius 3 is 2.67 bits per heavy atom. The van der Waals surface area contributed by atoms with Gasteiger partial charge >= 0.3 is 0 Å². The summed E-state index contributed by atoms with van der Waals surface area (Å²) in [5.41, 5.74) is 0.288. The molecule has 0 radical (unpaired) electrons. The van der Waals surface area contributed by atoms with Gasteiger partial charge in [0.25, 0.3) is 5.91 Å². The largest absolute Gasteiger partial charge is 0.342 e. The molecule has 1 heterocycles. The third kappa shape index (κ3) is 6.17. The Kier molecular flexibility index (Phi) is 8.18. The van der Waals surface area contributed by atoms with Crippen LogP contribution in [0, 0.1) is 11.6 Å². The van der Waals surface area contributed by atoms with Crippen molar-refractivity contribution in [3.63, 3.8) is 0 Å². The van der Waals surface area contributed by atoms with Gasteiger partial charge in [-0.2, -0.15) is 0 Å². The maximum atomic E-state index is 13.9. The van der Waals surface area contributed by atoms with E-state index in [-0.39, 0.29) is 22.2 Å². The normalized spacial score (nSPS) is 11.6. The number of nitrogens with zero attached hydrogens (tertiary/aromatic N) is 3. The van der Waals surface area contributed by atoms with Crippen molar-refractivity contribution in [2.75, 3.05) is 11.1 Å². The SMILES string of the molecule is C=CCn1c(SCC(=O)Nc2ccc(F)c(Cl)c2)nnc1C(C)NC(=O)c1ccccc1F. The number of hydrogen-bond acceptors (Lipinski definition) is 5. The second kappa shape index (κ2) is 11.1. The van der Waals surface area contributed by atoms with Crippen LogP contribution in [0.15, 0.2) is 60.3 Å². The van der Waals surface area contributed by atoms with E-state index >= 15 is 0 Å². The Bertz CT molecular complexity index is 1190. The zero-order valence-corrected chi connectivity index (χ0v) is 19.1. The van der Waals surface area contributed by atoms with Crippen LogP contribution in [-0.2, 0) is 11.3 Å². The van der Waals surface area contributed by atoms with Crippen LogP contribution in [0.2, 0.25) is 5.02 Å². The van der Waals surface area contributed by atoms with Crippen LogP contribution in [0.5, 0.6) is 0 Å². The lowest BCUT2D eigenvalue weighted by atomic mass is 10.2. The summed E-state index contributed by atoms with van der Waals surface area (Å²) in [7, 11) is 0. The molecule has 2 N–H and O–H groups in total. The molecule has 1 aromatic heterocycles. The molecule has 0 aliphatic carbocycles. The van der Waals surface area contributed by atoms with E-state index in [2.05, 4.69) is 27.4 Å². The average Bonchev–Trinajstić information content (AvgIpc) is 3.18. The van der Waals surface area contributed by atoms with E-state index in [9.17, 15) is 18.4 Å². The van der Waals surface area contributed by atoms with Gasteiger partial charge in [-0.25, -0.2) is 8.78 Å². The van der Waals surface area contributed by atoms with Crippen molar-refractivity contribution in [1.82, 2.24) is 20.1 Å². The number of nitrogens with one attached hydrogen (secondary N) is 2. The number of rotatable bonds is 9. The Morgan fingerprint density at radius 1 is 1.21 bits per heavy atom. The van der Waals surface area contributed by atoms with Gasteiger partial charge in [-0.1, -0.05) is 41.6 Å². The molecule has 3 aromatic rings. The minimum atomic E-state index is -0.626. The summed E-state index contributed by atoms with van der Waals surface area (Å²) >= 11 is 6.86.